The third-order valence-electron chi connectivity index (χ3n) is 1.93. The van der Waals surface area contributed by atoms with Crippen LogP contribution in [0.4, 0.5) is 18.9 Å². The van der Waals surface area contributed by atoms with Gasteiger partial charge in [0.2, 0.25) is 0 Å². The molecule has 1 aromatic carbocycles. The van der Waals surface area contributed by atoms with Gasteiger partial charge in [0.1, 0.15) is 0 Å². The Labute approximate surface area is 120 Å². The zero-order valence-corrected chi connectivity index (χ0v) is 12.5. The molecule has 6 heteroatoms. The van der Waals surface area contributed by atoms with Gasteiger partial charge in [-0.25, -0.2) is 13.9 Å². The molecule has 1 nitrogen and oxygen atoms in total. The topological polar surface area (TPSA) is 3.24 Å². The van der Waals surface area contributed by atoms with Crippen LogP contribution in [0.1, 0.15) is 5.56 Å². The van der Waals surface area contributed by atoms with E-state index in [0.29, 0.717) is 10.7 Å². The van der Waals surface area contributed by atoms with Crippen LogP contribution in [0.15, 0.2) is 24.3 Å². The fourth-order valence-corrected chi connectivity index (χ4v) is 2.13. The van der Waals surface area contributed by atoms with Crippen LogP contribution in [0.2, 0.25) is 0 Å². The number of rotatable bonds is 5. The van der Waals surface area contributed by atoms with Crippen molar-refractivity contribution in [3.8, 4) is 0 Å². The number of para-hydroxylation sites is 1. The highest BCUT2D eigenvalue weighted by molar-refractivity contribution is 14.1. The average Bonchev–Trinajstić information content (AvgIpc) is 2.16. The molecule has 0 amide bonds. The van der Waals surface area contributed by atoms with Crippen LogP contribution in [-0.2, 0) is 6.42 Å². The summed E-state index contributed by atoms with van der Waals surface area (Å²) < 4.78 is 36.7. The zero-order valence-electron chi connectivity index (χ0n) is 8.22. The molecule has 0 saturated heterocycles. The normalized spacial score (nSPS) is 14.6. The summed E-state index contributed by atoms with van der Waals surface area (Å²) in [6, 6.07) is 6.52. The molecule has 16 heavy (non-hydrogen) atoms. The van der Waals surface area contributed by atoms with E-state index in [1.165, 1.54) is 28.7 Å². The third-order valence-corrected chi connectivity index (χ3v) is 2.76. The van der Waals surface area contributed by atoms with E-state index in [4.69, 9.17) is 0 Å². The van der Waals surface area contributed by atoms with Gasteiger partial charge in [0.15, 0.2) is 8.36 Å². The van der Waals surface area contributed by atoms with Gasteiger partial charge in [-0.3, -0.25) is 0 Å². The molecule has 2 atom stereocenters. The number of alkyl halides is 4. The quantitative estimate of drug-likeness (QED) is 0.362. The van der Waals surface area contributed by atoms with Gasteiger partial charge < -0.3 is 0 Å². The molecule has 0 N–H and O–H groups in total. The predicted octanol–water partition coefficient (Wildman–Crippen LogP) is 4.38. The van der Waals surface area contributed by atoms with Crippen molar-refractivity contribution < 1.29 is 13.3 Å². The van der Waals surface area contributed by atoms with Gasteiger partial charge >= 0.3 is 0 Å². The van der Waals surface area contributed by atoms with Crippen LogP contribution in [0.5, 0.6) is 0 Å². The first-order valence-corrected chi connectivity index (χ1v) is 7.07. The first-order valence-electron chi connectivity index (χ1n) is 4.58. The molecule has 0 radical (unpaired) electrons. The average molecular weight is 455 g/mol. The SMILES string of the molecule is FC(I)Cc1ccccc1N(F)CC(F)I. The zero-order chi connectivity index (χ0) is 12.1. The van der Waals surface area contributed by atoms with Crippen molar-refractivity contribution in [2.75, 3.05) is 11.7 Å². The first-order chi connectivity index (χ1) is 7.50. The summed E-state index contributed by atoms with van der Waals surface area (Å²) in [4.78, 5) is 0. The lowest BCUT2D eigenvalue weighted by atomic mass is 10.1. The molecule has 0 bridgehead atoms. The van der Waals surface area contributed by atoms with E-state index in [1.807, 2.05) is 0 Å². The molecule has 0 aromatic heterocycles. The third kappa shape index (κ3) is 4.64. The molecule has 0 spiro atoms. The second kappa shape index (κ2) is 6.87. The van der Waals surface area contributed by atoms with E-state index in [1.54, 1.807) is 40.8 Å². The Morgan fingerprint density at radius 3 is 2.31 bits per heavy atom. The molecule has 0 aliphatic carbocycles. The molecular formula is C10H10F3I2N. The maximum atomic E-state index is 13.6. The lowest BCUT2D eigenvalue weighted by Crippen LogP contribution is -2.20. The Kier molecular flexibility index (Phi) is 6.16. The number of hydrogen-bond donors (Lipinski definition) is 0. The summed E-state index contributed by atoms with van der Waals surface area (Å²) in [6.07, 6.45) is 0.120. The smallest absolute Gasteiger partial charge is 0.171 e. The molecule has 1 aromatic rings. The molecule has 0 fully saturated rings. The van der Waals surface area contributed by atoms with Gasteiger partial charge in [0, 0.05) is 6.42 Å². The van der Waals surface area contributed by atoms with Crippen molar-refractivity contribution in [2.24, 2.45) is 0 Å². The molecule has 90 valence electrons. The van der Waals surface area contributed by atoms with E-state index >= 15 is 0 Å². The molecule has 0 aliphatic rings. The van der Waals surface area contributed by atoms with Crippen molar-refractivity contribution >= 4 is 50.9 Å². The summed E-state index contributed by atoms with van der Waals surface area (Å²) in [6.45, 7) is -0.351. The number of halogens is 5. The van der Waals surface area contributed by atoms with E-state index in [0.717, 1.165) is 0 Å². The fourth-order valence-electron chi connectivity index (χ4n) is 1.31. The highest BCUT2D eigenvalue weighted by Crippen LogP contribution is 2.25. The van der Waals surface area contributed by atoms with E-state index < -0.39 is 8.36 Å². The number of nitrogens with zero attached hydrogens (tertiary/aromatic N) is 1. The highest BCUT2D eigenvalue weighted by Gasteiger charge is 2.15. The van der Waals surface area contributed by atoms with Crippen molar-refractivity contribution in [3.63, 3.8) is 0 Å². The maximum absolute atomic E-state index is 13.6. The van der Waals surface area contributed by atoms with Crippen molar-refractivity contribution in [3.05, 3.63) is 29.8 Å². The van der Waals surface area contributed by atoms with Crippen LogP contribution >= 0.6 is 45.2 Å². The Hall–Kier alpha value is 0.270. The minimum Gasteiger partial charge on any atom is -0.236 e. The molecule has 0 aliphatic heterocycles. The minimum absolute atomic E-state index is 0.120. The summed E-state index contributed by atoms with van der Waals surface area (Å²) in [5.41, 5.74) is 0.782. The van der Waals surface area contributed by atoms with Crippen LogP contribution in [0, 0.1) is 0 Å². The number of benzene rings is 1. The van der Waals surface area contributed by atoms with Gasteiger partial charge in [-0.2, -0.15) is 0 Å². The van der Waals surface area contributed by atoms with E-state index in [2.05, 4.69) is 0 Å². The fraction of sp³-hybridized carbons (Fsp3) is 0.400. The Morgan fingerprint density at radius 2 is 1.75 bits per heavy atom. The first kappa shape index (κ1) is 14.3. The Balaban J connectivity index is 2.85. The standard InChI is InChI=1S/C10H10F3I2N/c11-9(14)5-7-3-1-2-4-8(7)16(13)6-10(12)15/h1-4,9-10H,5-6H2. The maximum Gasteiger partial charge on any atom is 0.171 e. The van der Waals surface area contributed by atoms with Gasteiger partial charge in [-0.05, 0) is 56.8 Å². The lowest BCUT2D eigenvalue weighted by Gasteiger charge is -2.17. The number of anilines is 1. The second-order valence-electron chi connectivity index (χ2n) is 3.16. The molecule has 0 saturated carbocycles. The molecular weight excluding hydrogens is 445 g/mol. The second-order valence-corrected chi connectivity index (χ2v) is 5.86. The monoisotopic (exact) mass is 455 g/mol. The van der Waals surface area contributed by atoms with Gasteiger partial charge in [-0.1, -0.05) is 22.7 Å². The van der Waals surface area contributed by atoms with Crippen LogP contribution in [-0.4, -0.2) is 14.9 Å². The van der Waals surface area contributed by atoms with Crippen molar-refractivity contribution in [2.45, 2.75) is 14.8 Å². The summed E-state index contributed by atoms with van der Waals surface area (Å²) in [5.74, 6) is 0. The van der Waals surface area contributed by atoms with E-state index in [9.17, 15) is 13.3 Å². The van der Waals surface area contributed by atoms with Crippen LogP contribution in [0.3, 0.4) is 0 Å². The summed E-state index contributed by atoms with van der Waals surface area (Å²) in [7, 11) is 0. The van der Waals surface area contributed by atoms with Gasteiger partial charge in [0.25, 0.3) is 0 Å². The summed E-state index contributed by atoms with van der Waals surface area (Å²) >= 11 is 3.13. The Bertz CT molecular complexity index is 334. The van der Waals surface area contributed by atoms with Gasteiger partial charge in [0.05, 0.1) is 12.2 Å². The summed E-state index contributed by atoms with van der Waals surface area (Å²) in [5, 5.41) is 0.325. The van der Waals surface area contributed by atoms with Gasteiger partial charge in [-0.15, -0.1) is 0 Å². The largest absolute Gasteiger partial charge is 0.236 e. The lowest BCUT2D eigenvalue weighted by molar-refractivity contribution is 0.373. The van der Waals surface area contributed by atoms with Crippen LogP contribution in [0.25, 0.3) is 0 Å². The molecule has 0 heterocycles. The highest BCUT2D eigenvalue weighted by atomic mass is 127. The van der Waals surface area contributed by atoms with Crippen molar-refractivity contribution in [1.29, 1.82) is 0 Å². The predicted molar refractivity (Wildman–Crippen MR) is 76.4 cm³/mol. The number of hydrogen-bond acceptors (Lipinski definition) is 1. The molecule has 1 rings (SSSR count). The van der Waals surface area contributed by atoms with E-state index in [-0.39, 0.29) is 18.7 Å². The minimum atomic E-state index is -1.29. The van der Waals surface area contributed by atoms with Crippen molar-refractivity contribution in [1.82, 2.24) is 0 Å². The Morgan fingerprint density at radius 1 is 1.12 bits per heavy atom. The molecule has 2 unspecified atom stereocenters. The van der Waals surface area contributed by atoms with Crippen LogP contribution < -0.4 is 5.12 Å².